The summed E-state index contributed by atoms with van der Waals surface area (Å²) < 4.78 is 1.70. The first-order valence-electron chi connectivity index (χ1n) is 10.1. The van der Waals surface area contributed by atoms with Gasteiger partial charge in [0.15, 0.2) is 5.69 Å². The minimum absolute atomic E-state index is 0.188. The molecule has 2 heterocycles. The van der Waals surface area contributed by atoms with Gasteiger partial charge in [0.2, 0.25) is 5.82 Å². The lowest BCUT2D eigenvalue weighted by Crippen LogP contribution is -2.34. The summed E-state index contributed by atoms with van der Waals surface area (Å²) in [4.78, 5) is 29.9. The summed E-state index contributed by atoms with van der Waals surface area (Å²) in [6, 6.07) is 5.73. The normalized spacial score (nSPS) is 15.7. The number of hydrogen-bond acceptors (Lipinski definition) is 3. The summed E-state index contributed by atoms with van der Waals surface area (Å²) in [6.45, 7) is 4.84. The second-order valence-corrected chi connectivity index (χ2v) is 7.84. The molecule has 0 unspecified atom stereocenters. The van der Waals surface area contributed by atoms with Crippen LogP contribution in [-0.2, 0) is 0 Å². The standard InChI is InChI=1S/C21H30N4O2/c1-15(2)12-13-22-21(27)19-24-18(17-11-7-8-14-25(17)19)20(26)23-16-9-5-3-4-6-10-16/h7-8,11,14-16H,3-6,9-10,12-13H2,1-2H3,(H,22,27)(H,23,26). The predicted octanol–water partition coefficient (Wildman–Crippen LogP) is 3.56. The monoisotopic (exact) mass is 370 g/mol. The molecule has 2 amide bonds. The van der Waals surface area contributed by atoms with Crippen molar-refractivity contribution in [2.45, 2.75) is 64.8 Å². The number of imidazole rings is 1. The van der Waals surface area contributed by atoms with Crippen LogP contribution in [0, 0.1) is 5.92 Å². The van der Waals surface area contributed by atoms with E-state index < -0.39 is 0 Å². The maximum absolute atomic E-state index is 12.9. The molecule has 0 aliphatic heterocycles. The highest BCUT2D eigenvalue weighted by atomic mass is 16.2. The predicted molar refractivity (Wildman–Crippen MR) is 106 cm³/mol. The van der Waals surface area contributed by atoms with E-state index in [-0.39, 0.29) is 23.7 Å². The van der Waals surface area contributed by atoms with Crippen LogP contribution in [0.1, 0.15) is 79.9 Å². The molecule has 1 aliphatic carbocycles. The first-order valence-corrected chi connectivity index (χ1v) is 10.1. The molecule has 0 atom stereocenters. The summed E-state index contributed by atoms with van der Waals surface area (Å²) >= 11 is 0. The van der Waals surface area contributed by atoms with Gasteiger partial charge in [-0.3, -0.25) is 14.0 Å². The molecule has 27 heavy (non-hydrogen) atoms. The second-order valence-electron chi connectivity index (χ2n) is 7.84. The Bertz CT molecular complexity index is 789. The van der Waals surface area contributed by atoms with Gasteiger partial charge in [0.25, 0.3) is 11.8 Å². The SMILES string of the molecule is CC(C)CCNC(=O)c1nc(C(=O)NC2CCCCCC2)c2ccccn12. The second kappa shape index (κ2) is 9.02. The number of aromatic nitrogens is 2. The van der Waals surface area contributed by atoms with Crippen molar-refractivity contribution in [3.05, 3.63) is 35.9 Å². The third kappa shape index (κ3) is 4.87. The van der Waals surface area contributed by atoms with Crippen LogP contribution in [-0.4, -0.2) is 33.8 Å². The Balaban J connectivity index is 1.79. The molecule has 2 aromatic heterocycles. The summed E-state index contributed by atoms with van der Waals surface area (Å²) in [5.74, 6) is 0.348. The van der Waals surface area contributed by atoms with Crippen LogP contribution in [0.15, 0.2) is 24.4 Å². The van der Waals surface area contributed by atoms with Crippen LogP contribution in [0.3, 0.4) is 0 Å². The van der Waals surface area contributed by atoms with Gasteiger partial charge in [0.05, 0.1) is 5.52 Å². The van der Waals surface area contributed by atoms with Crippen molar-refractivity contribution in [3.8, 4) is 0 Å². The van der Waals surface area contributed by atoms with Crippen LogP contribution in [0.5, 0.6) is 0 Å². The smallest absolute Gasteiger partial charge is 0.287 e. The minimum atomic E-state index is -0.245. The van der Waals surface area contributed by atoms with E-state index in [1.54, 1.807) is 10.6 Å². The van der Waals surface area contributed by atoms with Crippen molar-refractivity contribution >= 4 is 17.3 Å². The number of amides is 2. The van der Waals surface area contributed by atoms with Gasteiger partial charge < -0.3 is 10.6 Å². The van der Waals surface area contributed by atoms with Crippen LogP contribution >= 0.6 is 0 Å². The molecular formula is C21H30N4O2. The molecular weight excluding hydrogens is 340 g/mol. The van der Waals surface area contributed by atoms with Crippen molar-refractivity contribution in [3.63, 3.8) is 0 Å². The minimum Gasteiger partial charge on any atom is -0.349 e. The third-order valence-corrected chi connectivity index (χ3v) is 5.16. The average molecular weight is 370 g/mol. The van der Waals surface area contributed by atoms with E-state index in [9.17, 15) is 9.59 Å². The van der Waals surface area contributed by atoms with E-state index in [4.69, 9.17) is 0 Å². The summed E-state index contributed by atoms with van der Waals surface area (Å²) in [6.07, 6.45) is 9.49. The van der Waals surface area contributed by atoms with Gasteiger partial charge in [-0.05, 0) is 37.3 Å². The van der Waals surface area contributed by atoms with Crippen LogP contribution < -0.4 is 10.6 Å². The Hall–Kier alpha value is -2.37. The van der Waals surface area contributed by atoms with Gasteiger partial charge in [-0.1, -0.05) is 45.6 Å². The van der Waals surface area contributed by atoms with Crippen molar-refractivity contribution in [2.75, 3.05) is 6.54 Å². The number of nitrogens with zero attached hydrogens (tertiary/aromatic N) is 2. The van der Waals surface area contributed by atoms with Crippen molar-refractivity contribution in [1.29, 1.82) is 0 Å². The molecule has 0 saturated heterocycles. The van der Waals surface area contributed by atoms with Gasteiger partial charge in [-0.2, -0.15) is 0 Å². The highest BCUT2D eigenvalue weighted by Crippen LogP contribution is 2.19. The number of carbonyl (C=O) groups excluding carboxylic acids is 2. The molecule has 146 valence electrons. The zero-order chi connectivity index (χ0) is 19.2. The van der Waals surface area contributed by atoms with Gasteiger partial charge in [0, 0.05) is 18.8 Å². The Labute approximate surface area is 160 Å². The first-order chi connectivity index (χ1) is 13.1. The zero-order valence-corrected chi connectivity index (χ0v) is 16.3. The lowest BCUT2D eigenvalue weighted by Gasteiger charge is -2.15. The van der Waals surface area contributed by atoms with Crippen LogP contribution in [0.4, 0.5) is 0 Å². The topological polar surface area (TPSA) is 75.5 Å². The molecule has 6 nitrogen and oxygen atoms in total. The molecule has 0 bridgehead atoms. The number of fused-ring (bicyclic) bond motifs is 1. The Morgan fingerprint density at radius 1 is 1.15 bits per heavy atom. The summed E-state index contributed by atoms with van der Waals surface area (Å²) in [7, 11) is 0. The lowest BCUT2D eigenvalue weighted by atomic mass is 10.1. The van der Waals surface area contributed by atoms with Crippen molar-refractivity contribution < 1.29 is 9.59 Å². The van der Waals surface area contributed by atoms with Crippen LogP contribution in [0.25, 0.3) is 5.52 Å². The lowest BCUT2D eigenvalue weighted by molar-refractivity contribution is 0.0930. The molecule has 6 heteroatoms. The number of rotatable bonds is 6. The van der Waals surface area contributed by atoms with Gasteiger partial charge >= 0.3 is 0 Å². The molecule has 1 fully saturated rings. The van der Waals surface area contributed by atoms with E-state index in [2.05, 4.69) is 29.5 Å². The molecule has 0 radical (unpaired) electrons. The summed E-state index contributed by atoms with van der Waals surface area (Å²) in [5.41, 5.74) is 0.992. The highest BCUT2D eigenvalue weighted by molar-refractivity contribution is 6.02. The Kier molecular flexibility index (Phi) is 6.48. The van der Waals surface area contributed by atoms with Gasteiger partial charge in [-0.25, -0.2) is 4.98 Å². The molecule has 0 spiro atoms. The third-order valence-electron chi connectivity index (χ3n) is 5.16. The highest BCUT2D eigenvalue weighted by Gasteiger charge is 2.23. The van der Waals surface area contributed by atoms with Gasteiger partial charge in [-0.15, -0.1) is 0 Å². The first kappa shape index (κ1) is 19.4. The number of carbonyl (C=O) groups is 2. The van der Waals surface area contributed by atoms with E-state index in [0.717, 1.165) is 32.1 Å². The average Bonchev–Trinajstić information content (AvgIpc) is 2.85. The fourth-order valence-corrected chi connectivity index (χ4v) is 3.60. The van der Waals surface area contributed by atoms with E-state index in [1.807, 2.05) is 18.2 Å². The fraction of sp³-hybridized carbons (Fsp3) is 0.571. The number of pyridine rings is 1. The fourth-order valence-electron chi connectivity index (χ4n) is 3.60. The van der Waals surface area contributed by atoms with E-state index in [1.165, 1.54) is 12.8 Å². The van der Waals surface area contributed by atoms with E-state index >= 15 is 0 Å². The molecule has 0 aromatic carbocycles. The quantitative estimate of drug-likeness (QED) is 0.764. The molecule has 1 saturated carbocycles. The molecule has 2 aromatic rings. The van der Waals surface area contributed by atoms with Crippen molar-refractivity contribution in [2.24, 2.45) is 5.92 Å². The molecule has 3 rings (SSSR count). The Morgan fingerprint density at radius 3 is 2.59 bits per heavy atom. The molecule has 2 N–H and O–H groups in total. The Morgan fingerprint density at radius 2 is 1.89 bits per heavy atom. The maximum Gasteiger partial charge on any atom is 0.287 e. The number of hydrogen-bond donors (Lipinski definition) is 2. The van der Waals surface area contributed by atoms with Gasteiger partial charge in [0.1, 0.15) is 0 Å². The van der Waals surface area contributed by atoms with Crippen molar-refractivity contribution in [1.82, 2.24) is 20.0 Å². The zero-order valence-electron chi connectivity index (χ0n) is 16.3. The van der Waals surface area contributed by atoms with E-state index in [0.29, 0.717) is 23.7 Å². The molecule has 1 aliphatic rings. The number of nitrogens with one attached hydrogen (secondary N) is 2. The summed E-state index contributed by atoms with van der Waals surface area (Å²) in [5, 5.41) is 6.04. The largest absolute Gasteiger partial charge is 0.349 e. The maximum atomic E-state index is 12.9. The van der Waals surface area contributed by atoms with Crippen LogP contribution in [0.2, 0.25) is 0 Å².